The van der Waals surface area contributed by atoms with Crippen LogP contribution in [0.4, 0.5) is 0 Å². The number of nitrogens with one attached hydrogen (secondary N) is 1. The van der Waals surface area contributed by atoms with Crippen LogP contribution in [0.2, 0.25) is 0 Å². The number of likely N-dealkylation sites (tertiary alicyclic amines) is 1. The molecule has 0 bridgehead atoms. The third kappa shape index (κ3) is 4.83. The monoisotopic (exact) mass is 458 g/mol. The van der Waals surface area contributed by atoms with E-state index in [0.717, 1.165) is 62.1 Å². The van der Waals surface area contributed by atoms with Crippen molar-refractivity contribution in [1.82, 2.24) is 9.62 Å². The zero-order valence-electron chi connectivity index (χ0n) is 18.2. The van der Waals surface area contributed by atoms with Crippen molar-refractivity contribution in [2.45, 2.75) is 61.3 Å². The number of hydrogen-bond acceptors (Lipinski definition) is 4. The van der Waals surface area contributed by atoms with E-state index in [1.807, 2.05) is 24.1 Å². The summed E-state index contributed by atoms with van der Waals surface area (Å²) in [5, 5.41) is 0. The molecule has 0 saturated carbocycles. The van der Waals surface area contributed by atoms with Gasteiger partial charge in [0.1, 0.15) is 0 Å². The highest BCUT2D eigenvalue weighted by molar-refractivity contribution is 7.98. The molecule has 0 aromatic heterocycles. The maximum Gasteiger partial charge on any atom is 0.255 e. The molecule has 1 N–H and O–H groups in total. The van der Waals surface area contributed by atoms with Crippen LogP contribution < -0.4 is 4.72 Å². The summed E-state index contributed by atoms with van der Waals surface area (Å²) < 4.78 is 29.1. The van der Waals surface area contributed by atoms with Gasteiger partial charge in [0.25, 0.3) is 5.91 Å². The average Bonchev–Trinajstić information content (AvgIpc) is 3.26. The van der Waals surface area contributed by atoms with E-state index in [9.17, 15) is 13.2 Å². The summed E-state index contributed by atoms with van der Waals surface area (Å²) in [5.41, 5.74) is 4.13. The first kappa shape index (κ1) is 22.4. The van der Waals surface area contributed by atoms with Gasteiger partial charge in [-0.1, -0.05) is 18.2 Å². The maximum absolute atomic E-state index is 13.2. The smallest absolute Gasteiger partial charge is 0.255 e. The van der Waals surface area contributed by atoms with Gasteiger partial charge in [0.15, 0.2) is 0 Å². The van der Waals surface area contributed by atoms with E-state index in [1.165, 1.54) is 22.9 Å². The van der Waals surface area contributed by atoms with Gasteiger partial charge in [-0.05, 0) is 86.6 Å². The Morgan fingerprint density at radius 3 is 2.48 bits per heavy atom. The maximum atomic E-state index is 13.2. The fraction of sp³-hybridized carbons (Fsp3) is 0.458. The molecule has 166 valence electrons. The Balaban J connectivity index is 1.58. The van der Waals surface area contributed by atoms with Gasteiger partial charge >= 0.3 is 0 Å². The van der Waals surface area contributed by atoms with Gasteiger partial charge in [-0.15, -0.1) is 11.8 Å². The third-order valence-corrected chi connectivity index (χ3v) is 8.64. The number of fused-ring (bicyclic) bond motifs is 1. The van der Waals surface area contributed by atoms with E-state index in [0.29, 0.717) is 5.56 Å². The molecule has 0 radical (unpaired) electrons. The van der Waals surface area contributed by atoms with Crippen LogP contribution in [0.5, 0.6) is 0 Å². The average molecular weight is 459 g/mol. The van der Waals surface area contributed by atoms with Crippen molar-refractivity contribution in [2.75, 3.05) is 19.3 Å². The fourth-order valence-corrected chi connectivity index (χ4v) is 6.35. The fourth-order valence-electron chi connectivity index (χ4n) is 4.52. The van der Waals surface area contributed by atoms with Crippen molar-refractivity contribution < 1.29 is 13.2 Å². The van der Waals surface area contributed by atoms with Gasteiger partial charge in [0.05, 0.1) is 10.5 Å². The first-order chi connectivity index (χ1) is 14.9. The molecular weight excluding hydrogens is 428 g/mol. The number of carbonyl (C=O) groups excluding carboxylic acids is 1. The highest BCUT2D eigenvalue weighted by atomic mass is 32.2. The number of aryl methyl sites for hydroxylation is 2. The normalized spacial score (nSPS) is 17.4. The Bertz CT molecular complexity index is 1080. The number of nitrogens with zero attached hydrogens (tertiary/aromatic N) is 1. The van der Waals surface area contributed by atoms with E-state index in [4.69, 9.17) is 0 Å². The topological polar surface area (TPSA) is 66.5 Å². The van der Waals surface area contributed by atoms with Gasteiger partial charge in [-0.3, -0.25) is 4.79 Å². The predicted molar refractivity (Wildman–Crippen MR) is 125 cm³/mol. The zero-order valence-corrected chi connectivity index (χ0v) is 19.8. The Morgan fingerprint density at radius 2 is 1.74 bits per heavy atom. The van der Waals surface area contributed by atoms with Gasteiger partial charge in [0, 0.05) is 24.0 Å². The summed E-state index contributed by atoms with van der Waals surface area (Å²) >= 11 is 1.47. The SMILES string of the molecule is CSc1ccc(S(=O)(=O)NC(C)c2ccc3c(c2)CCC3)cc1C(=O)N1CCCCC1. The lowest BCUT2D eigenvalue weighted by atomic mass is 10.0. The van der Waals surface area contributed by atoms with Crippen LogP contribution in [0, 0.1) is 0 Å². The minimum atomic E-state index is -3.76. The van der Waals surface area contributed by atoms with Crippen LogP contribution in [0.1, 0.15) is 65.7 Å². The molecule has 31 heavy (non-hydrogen) atoms. The molecule has 7 heteroatoms. The van der Waals surface area contributed by atoms with E-state index in [-0.39, 0.29) is 16.8 Å². The highest BCUT2D eigenvalue weighted by Gasteiger charge is 2.25. The lowest BCUT2D eigenvalue weighted by Crippen LogP contribution is -2.36. The molecule has 1 heterocycles. The predicted octanol–water partition coefficient (Wildman–Crippen LogP) is 4.56. The van der Waals surface area contributed by atoms with Crippen molar-refractivity contribution in [3.05, 3.63) is 58.7 Å². The Morgan fingerprint density at radius 1 is 1.00 bits per heavy atom. The molecule has 1 aliphatic heterocycles. The van der Waals surface area contributed by atoms with Crippen molar-refractivity contribution >= 4 is 27.7 Å². The number of sulfonamides is 1. The lowest BCUT2D eigenvalue weighted by molar-refractivity contribution is 0.0720. The number of benzene rings is 2. The van der Waals surface area contributed by atoms with Crippen molar-refractivity contribution in [2.24, 2.45) is 0 Å². The standard InChI is InChI=1S/C24H30N2O3S2/c1-17(19-10-9-18-7-6-8-20(18)15-19)25-31(28,29)21-11-12-23(30-2)22(16-21)24(27)26-13-4-3-5-14-26/h9-12,15-17,25H,3-8,13-14H2,1-2H3. The Kier molecular flexibility index (Phi) is 6.74. The van der Waals surface area contributed by atoms with Gasteiger partial charge in [-0.25, -0.2) is 13.1 Å². The van der Waals surface area contributed by atoms with E-state index < -0.39 is 10.0 Å². The second-order valence-electron chi connectivity index (χ2n) is 8.44. The molecule has 2 aromatic rings. The van der Waals surface area contributed by atoms with Crippen LogP contribution in [0.15, 0.2) is 46.2 Å². The van der Waals surface area contributed by atoms with Gasteiger partial charge < -0.3 is 4.90 Å². The van der Waals surface area contributed by atoms with E-state index in [1.54, 1.807) is 18.2 Å². The summed E-state index contributed by atoms with van der Waals surface area (Å²) in [6.45, 7) is 3.33. The second-order valence-corrected chi connectivity index (χ2v) is 11.0. The van der Waals surface area contributed by atoms with E-state index in [2.05, 4.69) is 16.9 Å². The van der Waals surface area contributed by atoms with Crippen LogP contribution in [0.3, 0.4) is 0 Å². The molecule has 5 nitrogen and oxygen atoms in total. The first-order valence-corrected chi connectivity index (χ1v) is 13.7. The Labute approximate surface area is 189 Å². The molecule has 4 rings (SSSR count). The van der Waals surface area contributed by atoms with Crippen LogP contribution in [-0.2, 0) is 22.9 Å². The third-order valence-electron chi connectivity index (χ3n) is 6.31. The molecule has 2 aliphatic rings. The summed E-state index contributed by atoms with van der Waals surface area (Å²) in [6.07, 6.45) is 8.36. The first-order valence-electron chi connectivity index (χ1n) is 11.0. The molecule has 0 spiro atoms. The molecular formula is C24H30N2O3S2. The van der Waals surface area contributed by atoms with Crippen LogP contribution >= 0.6 is 11.8 Å². The van der Waals surface area contributed by atoms with Crippen LogP contribution in [0.25, 0.3) is 0 Å². The Hall–Kier alpha value is -1.83. The van der Waals surface area contributed by atoms with Crippen molar-refractivity contribution in [3.63, 3.8) is 0 Å². The second kappa shape index (κ2) is 9.35. The number of carbonyl (C=O) groups is 1. The summed E-state index contributed by atoms with van der Waals surface area (Å²) in [6, 6.07) is 10.8. The number of amides is 1. The quantitative estimate of drug-likeness (QED) is 0.645. The molecule has 1 unspecified atom stereocenters. The summed E-state index contributed by atoms with van der Waals surface area (Å²) in [7, 11) is -3.76. The molecule has 1 amide bonds. The number of piperidine rings is 1. The van der Waals surface area contributed by atoms with Gasteiger partial charge in [0.2, 0.25) is 10.0 Å². The highest BCUT2D eigenvalue weighted by Crippen LogP contribution is 2.28. The summed E-state index contributed by atoms with van der Waals surface area (Å²) in [4.78, 5) is 15.9. The minimum absolute atomic E-state index is 0.0761. The molecule has 1 fully saturated rings. The molecule has 1 aliphatic carbocycles. The van der Waals surface area contributed by atoms with E-state index >= 15 is 0 Å². The largest absolute Gasteiger partial charge is 0.339 e. The van der Waals surface area contributed by atoms with Gasteiger partial charge in [-0.2, -0.15) is 0 Å². The lowest BCUT2D eigenvalue weighted by Gasteiger charge is -2.27. The number of hydrogen-bond donors (Lipinski definition) is 1. The molecule has 1 atom stereocenters. The number of rotatable bonds is 6. The summed E-state index contributed by atoms with van der Waals surface area (Å²) in [5.74, 6) is -0.0761. The van der Waals surface area contributed by atoms with Crippen molar-refractivity contribution in [1.29, 1.82) is 0 Å². The zero-order chi connectivity index (χ0) is 22.0. The molecule has 1 saturated heterocycles. The van der Waals surface area contributed by atoms with Crippen molar-refractivity contribution in [3.8, 4) is 0 Å². The minimum Gasteiger partial charge on any atom is -0.339 e. The number of thioether (sulfide) groups is 1. The molecule has 2 aromatic carbocycles. The van der Waals surface area contributed by atoms with Crippen LogP contribution in [-0.4, -0.2) is 38.6 Å².